The van der Waals surface area contributed by atoms with Crippen LogP contribution >= 0.6 is 0 Å². The maximum atomic E-state index is 12.6. The topological polar surface area (TPSA) is 72.2 Å². The monoisotopic (exact) mass is 346 g/mol. The van der Waals surface area contributed by atoms with E-state index >= 15 is 0 Å². The maximum absolute atomic E-state index is 12.6. The van der Waals surface area contributed by atoms with Crippen LogP contribution in [0.1, 0.15) is 21.5 Å². The van der Waals surface area contributed by atoms with E-state index in [2.05, 4.69) is 5.32 Å². The highest BCUT2D eigenvalue weighted by molar-refractivity contribution is 6.00. The molecule has 0 fully saturated rings. The Morgan fingerprint density at radius 1 is 0.962 bits per heavy atom. The van der Waals surface area contributed by atoms with E-state index in [0.717, 1.165) is 22.3 Å². The minimum absolute atomic E-state index is 0.0322. The first-order valence-electron chi connectivity index (χ1n) is 8.22. The quantitative estimate of drug-likeness (QED) is 0.546. The molecule has 0 unspecified atom stereocenters. The Bertz CT molecular complexity index is 932. The predicted octanol–water partition coefficient (Wildman–Crippen LogP) is 4.50. The van der Waals surface area contributed by atoms with Crippen molar-refractivity contribution in [1.82, 2.24) is 5.32 Å². The van der Waals surface area contributed by atoms with Gasteiger partial charge in [0.25, 0.3) is 11.6 Å². The third kappa shape index (κ3) is 3.95. The number of aryl methyl sites for hydroxylation is 1. The molecule has 130 valence electrons. The van der Waals surface area contributed by atoms with E-state index in [0.29, 0.717) is 12.1 Å². The second-order valence-electron chi connectivity index (χ2n) is 6.02. The van der Waals surface area contributed by atoms with Crippen LogP contribution in [0.4, 0.5) is 5.69 Å². The van der Waals surface area contributed by atoms with Crippen molar-refractivity contribution in [3.63, 3.8) is 0 Å². The molecular formula is C21H18N2O3. The molecule has 3 rings (SSSR count). The van der Waals surface area contributed by atoms with E-state index in [4.69, 9.17) is 0 Å². The molecule has 0 aromatic heterocycles. The van der Waals surface area contributed by atoms with Crippen LogP contribution in [0, 0.1) is 17.0 Å². The van der Waals surface area contributed by atoms with Crippen molar-refractivity contribution in [2.75, 3.05) is 0 Å². The summed E-state index contributed by atoms with van der Waals surface area (Å²) in [4.78, 5) is 22.9. The van der Waals surface area contributed by atoms with Crippen molar-refractivity contribution < 1.29 is 9.72 Å². The molecule has 0 heterocycles. The van der Waals surface area contributed by atoms with Crippen LogP contribution in [0.2, 0.25) is 0 Å². The normalized spacial score (nSPS) is 10.3. The van der Waals surface area contributed by atoms with Crippen molar-refractivity contribution in [3.8, 4) is 11.1 Å². The zero-order valence-corrected chi connectivity index (χ0v) is 14.3. The van der Waals surface area contributed by atoms with E-state index in [1.54, 1.807) is 18.2 Å². The summed E-state index contributed by atoms with van der Waals surface area (Å²) in [5, 5.41) is 13.6. The van der Waals surface area contributed by atoms with Gasteiger partial charge in [0.1, 0.15) is 0 Å². The average molecular weight is 346 g/mol. The van der Waals surface area contributed by atoms with Gasteiger partial charge in [0.15, 0.2) is 0 Å². The number of nitrogens with zero attached hydrogens (tertiary/aromatic N) is 1. The molecule has 0 bridgehead atoms. The Labute approximate surface area is 151 Å². The number of nitro groups is 1. The van der Waals surface area contributed by atoms with Gasteiger partial charge in [0.05, 0.1) is 4.92 Å². The largest absolute Gasteiger partial charge is 0.348 e. The number of rotatable bonds is 5. The zero-order chi connectivity index (χ0) is 18.5. The van der Waals surface area contributed by atoms with Crippen LogP contribution in [0.15, 0.2) is 72.8 Å². The number of benzene rings is 3. The third-order valence-electron chi connectivity index (χ3n) is 4.13. The molecule has 3 aromatic rings. The summed E-state index contributed by atoms with van der Waals surface area (Å²) in [6, 6.07) is 21.6. The second-order valence-corrected chi connectivity index (χ2v) is 6.02. The summed E-state index contributed by atoms with van der Waals surface area (Å²) in [7, 11) is 0. The Morgan fingerprint density at radius 3 is 2.27 bits per heavy atom. The average Bonchev–Trinajstić information content (AvgIpc) is 2.67. The highest BCUT2D eigenvalue weighted by Crippen LogP contribution is 2.24. The molecule has 26 heavy (non-hydrogen) atoms. The second kappa shape index (κ2) is 7.61. The lowest BCUT2D eigenvalue weighted by Gasteiger charge is -2.11. The maximum Gasteiger partial charge on any atom is 0.269 e. The van der Waals surface area contributed by atoms with Crippen LogP contribution in [0.25, 0.3) is 11.1 Å². The molecule has 0 aliphatic carbocycles. The molecule has 0 atom stereocenters. The number of nitro benzene ring substituents is 1. The molecule has 0 spiro atoms. The Balaban J connectivity index is 1.76. The van der Waals surface area contributed by atoms with E-state index in [1.807, 2.05) is 49.4 Å². The van der Waals surface area contributed by atoms with Gasteiger partial charge < -0.3 is 5.32 Å². The van der Waals surface area contributed by atoms with Crippen LogP contribution in [0.3, 0.4) is 0 Å². The van der Waals surface area contributed by atoms with Gasteiger partial charge in [-0.3, -0.25) is 14.9 Å². The summed E-state index contributed by atoms with van der Waals surface area (Å²) < 4.78 is 0. The fourth-order valence-corrected chi connectivity index (χ4v) is 2.68. The van der Waals surface area contributed by atoms with Gasteiger partial charge in [-0.15, -0.1) is 0 Å². The van der Waals surface area contributed by atoms with Crippen molar-refractivity contribution in [3.05, 3.63) is 99.6 Å². The third-order valence-corrected chi connectivity index (χ3v) is 4.13. The van der Waals surface area contributed by atoms with Crippen LogP contribution in [-0.4, -0.2) is 10.8 Å². The number of non-ortho nitro benzene ring substituents is 1. The molecule has 3 aromatic carbocycles. The van der Waals surface area contributed by atoms with E-state index in [-0.39, 0.29) is 11.6 Å². The van der Waals surface area contributed by atoms with Gasteiger partial charge in [0.2, 0.25) is 0 Å². The Hall–Kier alpha value is -3.47. The first-order valence-corrected chi connectivity index (χ1v) is 8.22. The molecule has 0 saturated carbocycles. The highest BCUT2D eigenvalue weighted by atomic mass is 16.6. The summed E-state index contributed by atoms with van der Waals surface area (Å²) in [6.45, 7) is 2.33. The Morgan fingerprint density at radius 2 is 1.62 bits per heavy atom. The van der Waals surface area contributed by atoms with Gasteiger partial charge in [-0.05, 0) is 29.7 Å². The smallest absolute Gasteiger partial charge is 0.269 e. The van der Waals surface area contributed by atoms with Crippen molar-refractivity contribution >= 4 is 11.6 Å². The fraction of sp³-hybridized carbons (Fsp3) is 0.0952. The SMILES string of the molecule is Cc1ccc(-c2ccccc2C(=O)NCc2ccc([N+](=O)[O-])cc2)cc1. The number of carbonyl (C=O) groups excluding carboxylic acids is 1. The summed E-state index contributed by atoms with van der Waals surface area (Å²) in [5.74, 6) is -0.181. The predicted molar refractivity (Wildman–Crippen MR) is 101 cm³/mol. The fourth-order valence-electron chi connectivity index (χ4n) is 2.68. The van der Waals surface area contributed by atoms with Gasteiger partial charge in [-0.25, -0.2) is 0 Å². The molecular weight excluding hydrogens is 328 g/mol. The minimum Gasteiger partial charge on any atom is -0.348 e. The summed E-state index contributed by atoms with van der Waals surface area (Å²) in [6.07, 6.45) is 0. The van der Waals surface area contributed by atoms with Gasteiger partial charge in [0, 0.05) is 24.2 Å². The molecule has 0 saturated heterocycles. The van der Waals surface area contributed by atoms with Crippen molar-refractivity contribution in [1.29, 1.82) is 0 Å². The minimum atomic E-state index is -0.444. The van der Waals surface area contributed by atoms with Gasteiger partial charge in [-0.2, -0.15) is 0 Å². The van der Waals surface area contributed by atoms with Crippen LogP contribution in [0.5, 0.6) is 0 Å². The number of carbonyl (C=O) groups is 1. The molecule has 0 aliphatic rings. The first-order chi connectivity index (χ1) is 12.5. The lowest BCUT2D eigenvalue weighted by Crippen LogP contribution is -2.23. The van der Waals surface area contributed by atoms with E-state index < -0.39 is 4.92 Å². The molecule has 0 aliphatic heterocycles. The highest BCUT2D eigenvalue weighted by Gasteiger charge is 2.12. The van der Waals surface area contributed by atoms with E-state index in [1.165, 1.54) is 12.1 Å². The zero-order valence-electron chi connectivity index (χ0n) is 14.3. The molecule has 0 radical (unpaired) electrons. The molecule has 5 heteroatoms. The summed E-state index contributed by atoms with van der Waals surface area (Å²) >= 11 is 0. The summed E-state index contributed by atoms with van der Waals surface area (Å²) in [5.41, 5.74) is 4.44. The molecule has 1 N–H and O–H groups in total. The van der Waals surface area contributed by atoms with Crippen molar-refractivity contribution in [2.45, 2.75) is 13.5 Å². The number of amides is 1. The number of hydrogen-bond acceptors (Lipinski definition) is 3. The number of nitrogens with one attached hydrogen (secondary N) is 1. The van der Waals surface area contributed by atoms with Crippen molar-refractivity contribution in [2.24, 2.45) is 0 Å². The molecule has 1 amide bonds. The van der Waals surface area contributed by atoms with Gasteiger partial charge >= 0.3 is 0 Å². The lowest BCUT2D eigenvalue weighted by molar-refractivity contribution is -0.384. The standard InChI is InChI=1S/C21H18N2O3/c1-15-6-10-17(11-7-15)19-4-2-3-5-20(19)21(24)22-14-16-8-12-18(13-9-16)23(25)26/h2-13H,14H2,1H3,(H,22,24). The molecule has 5 nitrogen and oxygen atoms in total. The van der Waals surface area contributed by atoms with Crippen LogP contribution < -0.4 is 5.32 Å². The van der Waals surface area contributed by atoms with Crippen LogP contribution in [-0.2, 0) is 6.54 Å². The first kappa shape index (κ1) is 17.4. The van der Waals surface area contributed by atoms with E-state index in [9.17, 15) is 14.9 Å². The lowest BCUT2D eigenvalue weighted by atomic mass is 9.98. The van der Waals surface area contributed by atoms with Gasteiger partial charge in [-0.1, -0.05) is 60.2 Å². The Kier molecular flexibility index (Phi) is 5.08. The number of hydrogen-bond donors (Lipinski definition) is 1.